The first-order valence-corrected chi connectivity index (χ1v) is 7.18. The minimum absolute atomic E-state index is 0.000741. The van der Waals surface area contributed by atoms with Crippen molar-refractivity contribution in [2.75, 3.05) is 0 Å². The lowest BCUT2D eigenvalue weighted by Gasteiger charge is -2.35. The molecule has 1 fully saturated rings. The van der Waals surface area contributed by atoms with Crippen LogP contribution >= 0.6 is 15.9 Å². The van der Waals surface area contributed by atoms with E-state index in [2.05, 4.69) is 40.1 Å². The van der Waals surface area contributed by atoms with Gasteiger partial charge in [0.1, 0.15) is 4.60 Å². The fourth-order valence-corrected chi connectivity index (χ4v) is 3.00. The Kier molecular flexibility index (Phi) is 4.05. The SMILES string of the molecule is CC1(C)CCCC(NC(=O)c2ccnc(Br)c2)C1. The Bertz CT molecular complexity index is 445. The van der Waals surface area contributed by atoms with Crippen LogP contribution in [0.25, 0.3) is 0 Å². The maximum Gasteiger partial charge on any atom is 0.251 e. The summed E-state index contributed by atoms with van der Waals surface area (Å²) in [5.74, 6) is 0.000741. The molecule has 1 heterocycles. The van der Waals surface area contributed by atoms with E-state index >= 15 is 0 Å². The van der Waals surface area contributed by atoms with E-state index in [1.807, 2.05) is 0 Å². The standard InChI is InChI=1S/C14H19BrN2O/c1-14(2)6-3-4-11(9-14)17-13(18)10-5-7-16-12(15)8-10/h5,7-8,11H,3-4,6,9H2,1-2H3,(H,17,18). The number of hydrogen-bond donors (Lipinski definition) is 1. The zero-order valence-corrected chi connectivity index (χ0v) is 12.5. The van der Waals surface area contributed by atoms with Crippen LogP contribution in [0.2, 0.25) is 0 Å². The number of carbonyl (C=O) groups is 1. The van der Waals surface area contributed by atoms with Gasteiger partial charge >= 0.3 is 0 Å². The summed E-state index contributed by atoms with van der Waals surface area (Å²) in [6.07, 6.45) is 6.23. The maximum absolute atomic E-state index is 12.1. The molecule has 4 heteroatoms. The third kappa shape index (κ3) is 3.55. The van der Waals surface area contributed by atoms with Crippen molar-refractivity contribution in [3.05, 3.63) is 28.5 Å². The third-order valence-electron chi connectivity index (χ3n) is 3.53. The fraction of sp³-hybridized carbons (Fsp3) is 0.571. The van der Waals surface area contributed by atoms with Gasteiger partial charge in [-0.25, -0.2) is 4.98 Å². The Labute approximate surface area is 117 Å². The number of amides is 1. The molecule has 1 N–H and O–H groups in total. The smallest absolute Gasteiger partial charge is 0.251 e. The molecule has 98 valence electrons. The van der Waals surface area contributed by atoms with Crippen molar-refractivity contribution in [2.24, 2.45) is 5.41 Å². The van der Waals surface area contributed by atoms with Gasteiger partial charge in [0.15, 0.2) is 0 Å². The van der Waals surface area contributed by atoms with Gasteiger partial charge in [-0.05, 0) is 52.7 Å². The van der Waals surface area contributed by atoms with Gasteiger partial charge in [0.25, 0.3) is 5.91 Å². The minimum Gasteiger partial charge on any atom is -0.349 e. The zero-order valence-electron chi connectivity index (χ0n) is 10.9. The van der Waals surface area contributed by atoms with Crippen LogP contribution in [-0.4, -0.2) is 16.9 Å². The number of nitrogens with one attached hydrogen (secondary N) is 1. The Morgan fingerprint density at radius 1 is 1.56 bits per heavy atom. The van der Waals surface area contributed by atoms with Crippen molar-refractivity contribution in [3.8, 4) is 0 Å². The molecular weight excluding hydrogens is 292 g/mol. The summed E-state index contributed by atoms with van der Waals surface area (Å²) < 4.78 is 0.694. The zero-order chi connectivity index (χ0) is 13.2. The van der Waals surface area contributed by atoms with Crippen LogP contribution in [0.1, 0.15) is 49.9 Å². The van der Waals surface area contributed by atoms with Gasteiger partial charge in [-0.2, -0.15) is 0 Å². The molecule has 1 atom stereocenters. The molecule has 3 nitrogen and oxygen atoms in total. The van der Waals surface area contributed by atoms with Crippen LogP contribution in [0.15, 0.2) is 22.9 Å². The van der Waals surface area contributed by atoms with Crippen molar-refractivity contribution < 1.29 is 4.79 Å². The lowest BCUT2D eigenvalue weighted by molar-refractivity contribution is 0.0902. The molecule has 1 aromatic rings. The summed E-state index contributed by atoms with van der Waals surface area (Å²) in [5.41, 5.74) is 1.01. The summed E-state index contributed by atoms with van der Waals surface area (Å²) in [7, 11) is 0. The van der Waals surface area contributed by atoms with E-state index < -0.39 is 0 Å². The first kappa shape index (κ1) is 13.5. The Hall–Kier alpha value is -0.900. The van der Waals surface area contributed by atoms with Gasteiger partial charge in [-0.15, -0.1) is 0 Å². The number of rotatable bonds is 2. The van der Waals surface area contributed by atoms with E-state index in [1.54, 1.807) is 18.3 Å². The van der Waals surface area contributed by atoms with Gasteiger partial charge in [-0.1, -0.05) is 20.3 Å². The fourth-order valence-electron chi connectivity index (χ4n) is 2.63. The molecule has 0 saturated heterocycles. The minimum atomic E-state index is 0.000741. The molecule has 0 radical (unpaired) electrons. The van der Waals surface area contributed by atoms with Crippen molar-refractivity contribution in [1.29, 1.82) is 0 Å². The summed E-state index contributed by atoms with van der Waals surface area (Å²) in [6.45, 7) is 4.54. The highest BCUT2D eigenvalue weighted by atomic mass is 79.9. The van der Waals surface area contributed by atoms with Crippen LogP contribution in [0, 0.1) is 5.41 Å². The highest BCUT2D eigenvalue weighted by Gasteiger charge is 2.28. The lowest BCUT2D eigenvalue weighted by Crippen LogP contribution is -2.40. The summed E-state index contributed by atoms with van der Waals surface area (Å²) in [6, 6.07) is 3.80. The van der Waals surface area contributed by atoms with Crippen LogP contribution in [-0.2, 0) is 0 Å². The molecular formula is C14H19BrN2O. The molecule has 1 aliphatic rings. The number of hydrogen-bond acceptors (Lipinski definition) is 2. The van der Waals surface area contributed by atoms with E-state index in [0.29, 0.717) is 21.6 Å². The molecule has 1 aromatic heterocycles. The molecule has 1 saturated carbocycles. The van der Waals surface area contributed by atoms with E-state index in [-0.39, 0.29) is 5.91 Å². The highest BCUT2D eigenvalue weighted by Crippen LogP contribution is 2.35. The maximum atomic E-state index is 12.1. The summed E-state index contributed by atoms with van der Waals surface area (Å²) in [4.78, 5) is 16.1. The molecule has 1 unspecified atom stereocenters. The average Bonchev–Trinajstić information content (AvgIpc) is 2.27. The van der Waals surface area contributed by atoms with Crippen molar-refractivity contribution in [2.45, 2.75) is 45.6 Å². The molecule has 0 spiro atoms. The van der Waals surface area contributed by atoms with Crippen molar-refractivity contribution in [1.82, 2.24) is 10.3 Å². The molecule has 0 aliphatic heterocycles. The van der Waals surface area contributed by atoms with E-state index in [4.69, 9.17) is 0 Å². The summed E-state index contributed by atoms with van der Waals surface area (Å²) >= 11 is 3.28. The van der Waals surface area contributed by atoms with Crippen LogP contribution in [0.3, 0.4) is 0 Å². The number of pyridine rings is 1. The summed E-state index contributed by atoms with van der Waals surface area (Å²) in [5, 5.41) is 3.13. The molecule has 1 aliphatic carbocycles. The van der Waals surface area contributed by atoms with E-state index in [9.17, 15) is 4.79 Å². The van der Waals surface area contributed by atoms with E-state index in [0.717, 1.165) is 12.8 Å². The van der Waals surface area contributed by atoms with Gasteiger partial charge in [0.2, 0.25) is 0 Å². The number of halogens is 1. The van der Waals surface area contributed by atoms with Crippen molar-refractivity contribution in [3.63, 3.8) is 0 Å². The van der Waals surface area contributed by atoms with Gasteiger partial charge in [-0.3, -0.25) is 4.79 Å². The highest BCUT2D eigenvalue weighted by molar-refractivity contribution is 9.10. The van der Waals surface area contributed by atoms with Crippen LogP contribution in [0.5, 0.6) is 0 Å². The Morgan fingerprint density at radius 2 is 2.33 bits per heavy atom. The second-order valence-electron chi connectivity index (χ2n) is 5.80. The molecule has 0 bridgehead atoms. The predicted octanol–water partition coefficient (Wildman–Crippen LogP) is 3.54. The second-order valence-corrected chi connectivity index (χ2v) is 6.61. The molecule has 0 aromatic carbocycles. The normalized spacial score (nSPS) is 22.5. The Morgan fingerprint density at radius 3 is 3.00 bits per heavy atom. The van der Waals surface area contributed by atoms with E-state index in [1.165, 1.54) is 12.8 Å². The lowest BCUT2D eigenvalue weighted by atomic mass is 9.75. The predicted molar refractivity (Wildman–Crippen MR) is 75.4 cm³/mol. The molecule has 2 rings (SSSR count). The van der Waals surface area contributed by atoms with Crippen LogP contribution < -0.4 is 5.32 Å². The number of carbonyl (C=O) groups excluding carboxylic acids is 1. The topological polar surface area (TPSA) is 42.0 Å². The molecule has 1 amide bonds. The first-order valence-electron chi connectivity index (χ1n) is 6.39. The largest absolute Gasteiger partial charge is 0.349 e. The quantitative estimate of drug-likeness (QED) is 0.849. The second kappa shape index (κ2) is 5.39. The number of aromatic nitrogens is 1. The monoisotopic (exact) mass is 310 g/mol. The van der Waals surface area contributed by atoms with Gasteiger partial charge in [0, 0.05) is 17.8 Å². The van der Waals surface area contributed by atoms with Crippen LogP contribution in [0.4, 0.5) is 0 Å². The van der Waals surface area contributed by atoms with Gasteiger partial charge in [0.05, 0.1) is 0 Å². The third-order valence-corrected chi connectivity index (χ3v) is 3.96. The number of nitrogens with zero attached hydrogens (tertiary/aromatic N) is 1. The van der Waals surface area contributed by atoms with Gasteiger partial charge < -0.3 is 5.32 Å². The van der Waals surface area contributed by atoms with Crippen molar-refractivity contribution >= 4 is 21.8 Å². The molecule has 18 heavy (non-hydrogen) atoms. The first-order chi connectivity index (χ1) is 8.46. The average molecular weight is 311 g/mol. The Balaban J connectivity index is 1.99.